The lowest BCUT2D eigenvalue weighted by molar-refractivity contribution is 0.135. The van der Waals surface area contributed by atoms with Crippen molar-refractivity contribution in [2.24, 2.45) is 0 Å². The number of methoxy groups -OCH3 is 1. The lowest BCUT2D eigenvalue weighted by atomic mass is 9.82. The van der Waals surface area contributed by atoms with Gasteiger partial charge in [0.05, 0.1) is 30.0 Å². The maximum atomic E-state index is 11.7. The van der Waals surface area contributed by atoms with Gasteiger partial charge in [-0.05, 0) is 72.7 Å². The fourth-order valence-electron chi connectivity index (χ4n) is 5.09. The lowest BCUT2D eigenvalue weighted by Crippen LogP contribution is -2.26. The third-order valence-corrected chi connectivity index (χ3v) is 7.40. The van der Waals surface area contributed by atoms with E-state index in [-0.39, 0.29) is 5.92 Å². The van der Waals surface area contributed by atoms with Crippen LogP contribution in [0.1, 0.15) is 23.5 Å². The Morgan fingerprint density at radius 1 is 0.892 bits per heavy atom. The van der Waals surface area contributed by atoms with E-state index in [2.05, 4.69) is 63.3 Å². The van der Waals surface area contributed by atoms with E-state index >= 15 is 0 Å². The minimum atomic E-state index is -0.601. The molecule has 0 fully saturated rings. The van der Waals surface area contributed by atoms with Gasteiger partial charge in [-0.15, -0.1) is 0 Å². The summed E-state index contributed by atoms with van der Waals surface area (Å²) in [6.07, 6.45) is 0.0331. The van der Waals surface area contributed by atoms with E-state index in [1.54, 1.807) is 7.11 Å². The topological polar surface area (TPSA) is 45.6 Å². The summed E-state index contributed by atoms with van der Waals surface area (Å²) < 4.78 is 6.90. The van der Waals surface area contributed by atoms with Crippen LogP contribution in [0.2, 0.25) is 0 Å². The van der Waals surface area contributed by atoms with E-state index in [0.29, 0.717) is 6.42 Å². The molecular weight excluding hydrogens is 524 g/mol. The summed E-state index contributed by atoms with van der Waals surface area (Å²) in [6.45, 7) is 0.782. The highest BCUT2D eigenvalue weighted by Gasteiger charge is 2.29. The number of nitrogens with zero attached hydrogens (tertiary/aromatic N) is 2. The SMILES string of the molecule is COc1ccc2ccccc2c1-c1nc2ccc(Br)cc2cc1C(c1ccccc1)C(O)CCN(C)C. The number of rotatable bonds is 8. The zero-order valence-electron chi connectivity index (χ0n) is 21.4. The second-order valence-corrected chi connectivity index (χ2v) is 10.6. The maximum Gasteiger partial charge on any atom is 0.128 e. The number of aromatic nitrogens is 1. The van der Waals surface area contributed by atoms with Gasteiger partial charge in [0.2, 0.25) is 0 Å². The van der Waals surface area contributed by atoms with Crippen molar-refractivity contribution in [1.82, 2.24) is 9.88 Å². The highest BCUT2D eigenvalue weighted by Crippen LogP contribution is 2.43. The second kappa shape index (κ2) is 11.0. The van der Waals surface area contributed by atoms with Gasteiger partial charge in [-0.3, -0.25) is 0 Å². The van der Waals surface area contributed by atoms with E-state index in [1.165, 1.54) is 0 Å². The molecule has 1 aromatic heterocycles. The van der Waals surface area contributed by atoms with Crippen molar-refractivity contribution in [1.29, 1.82) is 0 Å². The first-order valence-electron chi connectivity index (χ1n) is 12.5. The molecule has 0 aliphatic carbocycles. The van der Waals surface area contributed by atoms with Crippen molar-refractivity contribution in [3.8, 4) is 17.0 Å². The van der Waals surface area contributed by atoms with Gasteiger partial charge in [0.25, 0.3) is 0 Å². The number of aliphatic hydroxyl groups is 1. The number of halogens is 1. The number of hydrogen-bond acceptors (Lipinski definition) is 4. The van der Waals surface area contributed by atoms with Crippen molar-refractivity contribution in [2.45, 2.75) is 18.4 Å². The Morgan fingerprint density at radius 3 is 2.41 bits per heavy atom. The number of aliphatic hydroxyl groups excluding tert-OH is 1. The van der Waals surface area contributed by atoms with Crippen LogP contribution in [0, 0.1) is 0 Å². The number of pyridine rings is 1. The van der Waals surface area contributed by atoms with Crippen LogP contribution in [0.25, 0.3) is 32.9 Å². The molecule has 188 valence electrons. The van der Waals surface area contributed by atoms with Crippen LogP contribution in [0.3, 0.4) is 0 Å². The fraction of sp³-hybridized carbons (Fsp3) is 0.219. The van der Waals surface area contributed by atoms with Crippen LogP contribution < -0.4 is 4.74 Å². The number of benzene rings is 4. The predicted octanol–water partition coefficient (Wildman–Crippen LogP) is 7.27. The Bertz CT molecular complexity index is 1530. The Kier molecular flexibility index (Phi) is 7.56. The smallest absolute Gasteiger partial charge is 0.128 e. The molecule has 1 heterocycles. The Morgan fingerprint density at radius 2 is 1.65 bits per heavy atom. The lowest BCUT2D eigenvalue weighted by Gasteiger charge is -2.28. The van der Waals surface area contributed by atoms with Crippen LogP contribution in [0.15, 0.2) is 95.5 Å². The largest absolute Gasteiger partial charge is 0.496 e. The zero-order valence-corrected chi connectivity index (χ0v) is 22.9. The van der Waals surface area contributed by atoms with Crippen molar-refractivity contribution >= 4 is 37.6 Å². The van der Waals surface area contributed by atoms with E-state index in [4.69, 9.17) is 9.72 Å². The molecule has 4 nitrogen and oxygen atoms in total. The molecule has 5 aromatic rings. The summed E-state index contributed by atoms with van der Waals surface area (Å²) in [4.78, 5) is 7.35. The third-order valence-electron chi connectivity index (χ3n) is 6.90. The molecule has 4 aromatic carbocycles. The number of fused-ring (bicyclic) bond motifs is 2. The molecule has 2 unspecified atom stereocenters. The Labute approximate surface area is 226 Å². The molecule has 2 atom stereocenters. The molecule has 5 heteroatoms. The van der Waals surface area contributed by atoms with Gasteiger partial charge in [-0.25, -0.2) is 4.98 Å². The van der Waals surface area contributed by atoms with Crippen LogP contribution in [-0.2, 0) is 0 Å². The average Bonchev–Trinajstić information content (AvgIpc) is 2.91. The molecule has 0 saturated heterocycles. The van der Waals surface area contributed by atoms with Crippen molar-refractivity contribution in [2.75, 3.05) is 27.7 Å². The van der Waals surface area contributed by atoms with Gasteiger partial charge < -0.3 is 14.7 Å². The number of hydrogen-bond donors (Lipinski definition) is 1. The Hall–Kier alpha value is -3.25. The van der Waals surface area contributed by atoms with Gasteiger partial charge in [0.15, 0.2) is 0 Å². The van der Waals surface area contributed by atoms with Gasteiger partial charge in [-0.1, -0.05) is 76.6 Å². The molecule has 0 spiro atoms. The predicted molar refractivity (Wildman–Crippen MR) is 156 cm³/mol. The summed E-state index contributed by atoms with van der Waals surface area (Å²) in [7, 11) is 5.77. The standard InChI is InChI=1S/C32H31BrN2O2/c1-35(2)18-17-28(36)30(22-10-5-4-6-11-22)26-20-23-19-24(33)14-15-27(23)34-32(26)31-25-12-8-7-9-21(25)13-16-29(31)37-3/h4-16,19-20,28,30,36H,17-18H2,1-3H3. The molecule has 5 rings (SSSR count). The van der Waals surface area contributed by atoms with Gasteiger partial charge in [0.1, 0.15) is 5.75 Å². The molecule has 0 bridgehead atoms. The molecule has 0 amide bonds. The molecule has 0 radical (unpaired) electrons. The summed E-state index contributed by atoms with van der Waals surface area (Å²) in [5.41, 5.74) is 4.72. The average molecular weight is 556 g/mol. The first-order chi connectivity index (χ1) is 18.0. The molecule has 0 aliphatic heterocycles. The van der Waals surface area contributed by atoms with Crippen LogP contribution in [0.5, 0.6) is 5.75 Å². The highest BCUT2D eigenvalue weighted by molar-refractivity contribution is 9.10. The molecular formula is C32H31BrN2O2. The van der Waals surface area contributed by atoms with E-state index in [1.807, 2.05) is 62.6 Å². The Balaban J connectivity index is 1.84. The monoisotopic (exact) mass is 554 g/mol. The van der Waals surface area contributed by atoms with E-state index in [9.17, 15) is 5.11 Å². The maximum absolute atomic E-state index is 11.7. The summed E-state index contributed by atoms with van der Waals surface area (Å²) in [5, 5.41) is 14.9. The molecule has 0 saturated carbocycles. The summed E-state index contributed by atoms with van der Waals surface area (Å²) >= 11 is 3.62. The van der Waals surface area contributed by atoms with Crippen molar-refractivity contribution in [3.05, 3.63) is 107 Å². The van der Waals surface area contributed by atoms with Gasteiger partial charge in [-0.2, -0.15) is 0 Å². The third kappa shape index (κ3) is 5.26. The normalized spacial score (nSPS) is 13.2. The quantitative estimate of drug-likeness (QED) is 0.219. The molecule has 1 N–H and O–H groups in total. The van der Waals surface area contributed by atoms with Crippen molar-refractivity contribution in [3.63, 3.8) is 0 Å². The number of ether oxygens (including phenoxy) is 1. The van der Waals surface area contributed by atoms with E-state index in [0.717, 1.165) is 60.8 Å². The molecule has 0 aliphatic rings. The molecule has 37 heavy (non-hydrogen) atoms. The van der Waals surface area contributed by atoms with Crippen molar-refractivity contribution < 1.29 is 9.84 Å². The minimum Gasteiger partial charge on any atom is -0.496 e. The fourth-order valence-corrected chi connectivity index (χ4v) is 5.47. The second-order valence-electron chi connectivity index (χ2n) is 9.67. The van der Waals surface area contributed by atoms with Gasteiger partial charge >= 0.3 is 0 Å². The zero-order chi connectivity index (χ0) is 25.9. The van der Waals surface area contributed by atoms with Crippen LogP contribution in [0.4, 0.5) is 0 Å². The summed E-state index contributed by atoms with van der Waals surface area (Å²) in [5.74, 6) is 0.495. The van der Waals surface area contributed by atoms with E-state index < -0.39 is 6.10 Å². The van der Waals surface area contributed by atoms with Crippen LogP contribution in [-0.4, -0.2) is 48.8 Å². The first-order valence-corrected chi connectivity index (χ1v) is 13.3. The van der Waals surface area contributed by atoms with Crippen LogP contribution >= 0.6 is 15.9 Å². The van der Waals surface area contributed by atoms with Gasteiger partial charge in [0, 0.05) is 22.3 Å². The minimum absolute atomic E-state index is 0.268. The highest BCUT2D eigenvalue weighted by atomic mass is 79.9. The summed E-state index contributed by atoms with van der Waals surface area (Å²) in [6, 6.07) is 31.0. The first kappa shape index (κ1) is 25.4.